The number of nitrogens with two attached hydrogens (primary N) is 2. The Morgan fingerprint density at radius 3 is 2.60 bits per heavy atom. The Hall–Kier alpha value is -2.78. The molecule has 3 rings (SSSR count). The van der Waals surface area contributed by atoms with Gasteiger partial charge in [0.05, 0.1) is 0 Å². The zero-order valence-electron chi connectivity index (χ0n) is 14.8. The van der Waals surface area contributed by atoms with E-state index < -0.39 is 0 Å². The van der Waals surface area contributed by atoms with Crippen molar-refractivity contribution in [3.8, 4) is 0 Å². The second kappa shape index (κ2) is 10.2. The molecule has 1 aliphatic rings. The van der Waals surface area contributed by atoms with Crippen molar-refractivity contribution in [3.05, 3.63) is 84.5 Å². The highest BCUT2D eigenvalue weighted by Crippen LogP contribution is 2.31. The Morgan fingerprint density at radius 2 is 1.96 bits per heavy atom. The Labute approximate surface area is 150 Å². The lowest BCUT2D eigenvalue weighted by molar-refractivity contribution is 1.05. The van der Waals surface area contributed by atoms with E-state index in [1.807, 2.05) is 43.3 Å². The first-order valence-electron chi connectivity index (χ1n) is 8.63. The standard InChI is InChI=1S/C18H18N2.C4H9N/c19-15-9-6-10-16(13-15)20-18-12-5-4-11-17(18)14-7-2-1-3-8-14;1-2-3-4-5/h1-2,4-7,9-13,20H,3,8,19H2;2-3H,4-5H2,1H3/b;3-2-. The Morgan fingerprint density at radius 1 is 1.12 bits per heavy atom. The van der Waals surface area contributed by atoms with E-state index in [1.54, 1.807) is 0 Å². The van der Waals surface area contributed by atoms with Crippen molar-refractivity contribution in [1.82, 2.24) is 0 Å². The first kappa shape index (κ1) is 18.6. The Bertz CT molecular complexity index is 757. The van der Waals surface area contributed by atoms with Gasteiger partial charge in [-0.1, -0.05) is 54.6 Å². The summed E-state index contributed by atoms with van der Waals surface area (Å²) in [5.41, 5.74) is 16.4. The van der Waals surface area contributed by atoms with E-state index in [2.05, 4.69) is 47.8 Å². The molecule has 3 heteroatoms. The fraction of sp³-hybridized carbons (Fsp3) is 0.182. The third-order valence-electron chi connectivity index (χ3n) is 3.82. The zero-order chi connectivity index (χ0) is 17.9. The maximum absolute atomic E-state index is 5.83. The molecule has 0 aliphatic heterocycles. The third-order valence-corrected chi connectivity index (χ3v) is 3.82. The second-order valence-corrected chi connectivity index (χ2v) is 5.76. The number of nitrogens with one attached hydrogen (secondary N) is 1. The lowest BCUT2D eigenvalue weighted by atomic mass is 9.96. The highest BCUT2D eigenvalue weighted by Gasteiger charge is 2.08. The molecule has 0 saturated carbocycles. The molecular formula is C22H27N3. The van der Waals surface area contributed by atoms with Crippen molar-refractivity contribution < 1.29 is 0 Å². The van der Waals surface area contributed by atoms with Crippen LogP contribution in [0.15, 0.2) is 78.9 Å². The molecule has 0 fully saturated rings. The molecule has 0 amide bonds. The molecule has 0 saturated heterocycles. The minimum atomic E-state index is 0.663. The van der Waals surface area contributed by atoms with Crippen LogP contribution in [0.3, 0.4) is 0 Å². The molecule has 1 aliphatic carbocycles. The number of hydrogen-bond acceptors (Lipinski definition) is 3. The number of benzene rings is 2. The average molecular weight is 333 g/mol. The summed E-state index contributed by atoms with van der Waals surface area (Å²) in [6, 6.07) is 16.2. The van der Waals surface area contributed by atoms with Crippen molar-refractivity contribution in [2.75, 3.05) is 17.6 Å². The van der Waals surface area contributed by atoms with Crippen LogP contribution < -0.4 is 16.8 Å². The predicted octanol–water partition coefficient (Wildman–Crippen LogP) is 5.27. The van der Waals surface area contributed by atoms with Gasteiger partial charge in [0.15, 0.2) is 0 Å². The summed E-state index contributed by atoms with van der Waals surface area (Å²) < 4.78 is 0. The van der Waals surface area contributed by atoms with Gasteiger partial charge >= 0.3 is 0 Å². The molecule has 0 atom stereocenters. The van der Waals surface area contributed by atoms with Gasteiger partial charge in [-0.2, -0.15) is 0 Å². The molecule has 0 spiro atoms. The van der Waals surface area contributed by atoms with Crippen LogP contribution in [-0.2, 0) is 0 Å². The molecule has 5 N–H and O–H groups in total. The molecule has 2 aromatic rings. The van der Waals surface area contributed by atoms with Gasteiger partial charge in [-0.25, -0.2) is 0 Å². The summed E-state index contributed by atoms with van der Waals surface area (Å²) in [6.45, 7) is 2.61. The second-order valence-electron chi connectivity index (χ2n) is 5.76. The summed E-state index contributed by atoms with van der Waals surface area (Å²) in [5, 5.41) is 3.47. The molecule has 2 aromatic carbocycles. The highest BCUT2D eigenvalue weighted by atomic mass is 14.9. The SMILES string of the molecule is C/C=C\CN.Nc1cccc(Nc2ccccc2C2=CC=CCC2)c1. The van der Waals surface area contributed by atoms with Crippen molar-refractivity contribution >= 4 is 22.6 Å². The largest absolute Gasteiger partial charge is 0.399 e. The Balaban J connectivity index is 0.000000399. The molecule has 0 bridgehead atoms. The number of rotatable bonds is 4. The van der Waals surface area contributed by atoms with Crippen LogP contribution in [0, 0.1) is 0 Å². The van der Waals surface area contributed by atoms with Gasteiger partial charge in [0, 0.05) is 29.2 Å². The normalized spacial score (nSPS) is 13.1. The number of allylic oxidation sites excluding steroid dienone is 5. The minimum absolute atomic E-state index is 0.663. The molecule has 0 heterocycles. The first-order valence-corrected chi connectivity index (χ1v) is 8.63. The van der Waals surface area contributed by atoms with Crippen LogP contribution in [0.25, 0.3) is 5.57 Å². The fourth-order valence-electron chi connectivity index (χ4n) is 2.61. The lowest BCUT2D eigenvalue weighted by Crippen LogP contribution is -1.97. The smallest absolute Gasteiger partial charge is 0.0460 e. The summed E-state index contributed by atoms with van der Waals surface area (Å²) in [7, 11) is 0. The van der Waals surface area contributed by atoms with Crippen LogP contribution in [0.2, 0.25) is 0 Å². The number of hydrogen-bond donors (Lipinski definition) is 3. The van der Waals surface area contributed by atoms with Gasteiger partial charge in [0.25, 0.3) is 0 Å². The van der Waals surface area contributed by atoms with Crippen LogP contribution in [0.1, 0.15) is 25.3 Å². The van der Waals surface area contributed by atoms with Crippen LogP contribution >= 0.6 is 0 Å². The van der Waals surface area contributed by atoms with E-state index in [0.29, 0.717) is 6.54 Å². The molecule has 25 heavy (non-hydrogen) atoms. The predicted molar refractivity (Wildman–Crippen MR) is 111 cm³/mol. The first-order chi connectivity index (χ1) is 12.2. The average Bonchev–Trinajstić information content (AvgIpc) is 2.64. The number of para-hydroxylation sites is 1. The van der Waals surface area contributed by atoms with Crippen molar-refractivity contribution in [1.29, 1.82) is 0 Å². The van der Waals surface area contributed by atoms with Gasteiger partial charge < -0.3 is 16.8 Å². The van der Waals surface area contributed by atoms with E-state index in [4.69, 9.17) is 11.5 Å². The number of nitrogen functional groups attached to an aromatic ring is 1. The topological polar surface area (TPSA) is 64.1 Å². The molecule has 0 unspecified atom stereocenters. The lowest BCUT2D eigenvalue weighted by Gasteiger charge is -2.16. The van der Waals surface area contributed by atoms with E-state index in [0.717, 1.165) is 29.9 Å². The fourth-order valence-corrected chi connectivity index (χ4v) is 2.61. The van der Waals surface area contributed by atoms with E-state index in [-0.39, 0.29) is 0 Å². The van der Waals surface area contributed by atoms with Crippen LogP contribution in [0.5, 0.6) is 0 Å². The summed E-state index contributed by atoms with van der Waals surface area (Å²) in [4.78, 5) is 0. The third kappa shape index (κ3) is 5.98. The van der Waals surface area contributed by atoms with Gasteiger partial charge in [-0.05, 0) is 49.6 Å². The summed E-state index contributed by atoms with van der Waals surface area (Å²) >= 11 is 0. The summed E-state index contributed by atoms with van der Waals surface area (Å²) in [5.74, 6) is 0. The summed E-state index contributed by atoms with van der Waals surface area (Å²) in [6.07, 6.45) is 12.6. The van der Waals surface area contributed by atoms with Gasteiger partial charge in [0.2, 0.25) is 0 Å². The van der Waals surface area contributed by atoms with Crippen LogP contribution in [-0.4, -0.2) is 6.54 Å². The zero-order valence-corrected chi connectivity index (χ0v) is 14.8. The Kier molecular flexibility index (Phi) is 7.54. The quantitative estimate of drug-likeness (QED) is 0.528. The molecule has 3 nitrogen and oxygen atoms in total. The van der Waals surface area contributed by atoms with E-state index >= 15 is 0 Å². The van der Waals surface area contributed by atoms with E-state index in [9.17, 15) is 0 Å². The van der Waals surface area contributed by atoms with E-state index in [1.165, 1.54) is 11.1 Å². The highest BCUT2D eigenvalue weighted by molar-refractivity contribution is 5.80. The van der Waals surface area contributed by atoms with Crippen molar-refractivity contribution in [3.63, 3.8) is 0 Å². The van der Waals surface area contributed by atoms with Gasteiger partial charge in [0.1, 0.15) is 0 Å². The van der Waals surface area contributed by atoms with Crippen molar-refractivity contribution in [2.24, 2.45) is 5.73 Å². The molecule has 0 aromatic heterocycles. The van der Waals surface area contributed by atoms with Gasteiger partial charge in [-0.15, -0.1) is 0 Å². The monoisotopic (exact) mass is 333 g/mol. The maximum atomic E-state index is 5.83. The molecule has 130 valence electrons. The number of anilines is 3. The van der Waals surface area contributed by atoms with Crippen molar-refractivity contribution in [2.45, 2.75) is 19.8 Å². The van der Waals surface area contributed by atoms with Gasteiger partial charge in [-0.3, -0.25) is 0 Å². The molecular weight excluding hydrogens is 306 g/mol. The maximum Gasteiger partial charge on any atom is 0.0460 e. The minimum Gasteiger partial charge on any atom is -0.399 e. The van der Waals surface area contributed by atoms with Crippen LogP contribution in [0.4, 0.5) is 17.1 Å². The molecule has 0 radical (unpaired) electrons.